The second-order valence-electron chi connectivity index (χ2n) is 13.5. The van der Waals surface area contributed by atoms with E-state index in [1.807, 2.05) is 36.4 Å². The summed E-state index contributed by atoms with van der Waals surface area (Å²) >= 11 is 0. The van der Waals surface area contributed by atoms with E-state index < -0.39 is 12.0 Å². The molecule has 0 spiro atoms. The number of benzene rings is 2. The van der Waals surface area contributed by atoms with Crippen molar-refractivity contribution in [3.05, 3.63) is 88.7 Å². The molecule has 47 heavy (non-hydrogen) atoms. The zero-order valence-corrected chi connectivity index (χ0v) is 27.0. The standard InChI is InChI=1S/C38H43N3O6/c1-46-33-11-9-26(23-34(33)47-28-5-2-3-6-28)35-29(7-4-18-41(35)27-14-19-40(20-15-27)38(44)45)25-8-10-30-31(22-25)37(43)32(36(30)42)21-24-12-16-39-17-13-24/h8-13,16-17,22-23,27-29,32,35H,2-7,14-15,18-21H2,1H3,(H,44,45). The van der Waals surface area contributed by atoms with Crippen LogP contribution in [0.2, 0.25) is 0 Å². The largest absolute Gasteiger partial charge is 0.493 e. The lowest BCUT2D eigenvalue weighted by Gasteiger charge is -2.48. The van der Waals surface area contributed by atoms with Gasteiger partial charge < -0.3 is 19.5 Å². The Balaban J connectivity index is 1.23. The lowest BCUT2D eigenvalue weighted by molar-refractivity contribution is 0.0388. The molecule has 3 unspecified atom stereocenters. The zero-order chi connectivity index (χ0) is 32.5. The predicted octanol–water partition coefficient (Wildman–Crippen LogP) is 6.71. The summed E-state index contributed by atoms with van der Waals surface area (Å²) in [5, 5.41) is 9.60. The minimum absolute atomic E-state index is 0.0140. The molecule has 1 N–H and O–H groups in total. The second-order valence-corrected chi connectivity index (χ2v) is 13.5. The van der Waals surface area contributed by atoms with E-state index in [0.717, 1.165) is 73.3 Å². The van der Waals surface area contributed by atoms with Gasteiger partial charge in [-0.1, -0.05) is 18.2 Å². The number of amides is 1. The van der Waals surface area contributed by atoms with E-state index in [4.69, 9.17) is 9.47 Å². The predicted molar refractivity (Wildman–Crippen MR) is 176 cm³/mol. The Morgan fingerprint density at radius 2 is 1.55 bits per heavy atom. The number of ether oxygens (including phenoxy) is 2. The second kappa shape index (κ2) is 13.5. The molecule has 2 aliphatic carbocycles. The van der Waals surface area contributed by atoms with Gasteiger partial charge in [-0.05, 0) is 111 Å². The number of hydrogen-bond acceptors (Lipinski definition) is 7. The summed E-state index contributed by atoms with van der Waals surface area (Å²) in [6.45, 7) is 1.93. The van der Waals surface area contributed by atoms with Crippen molar-refractivity contribution in [2.75, 3.05) is 26.7 Å². The smallest absolute Gasteiger partial charge is 0.407 e. The summed E-state index contributed by atoms with van der Waals surface area (Å²) in [7, 11) is 1.67. The molecule has 0 radical (unpaired) electrons. The molecule has 3 fully saturated rings. The van der Waals surface area contributed by atoms with Crippen LogP contribution in [0, 0.1) is 5.92 Å². The van der Waals surface area contributed by atoms with Crippen LogP contribution in [0.5, 0.6) is 11.5 Å². The van der Waals surface area contributed by atoms with Gasteiger partial charge in [-0.3, -0.25) is 19.5 Å². The highest BCUT2D eigenvalue weighted by atomic mass is 16.5. The van der Waals surface area contributed by atoms with E-state index >= 15 is 0 Å². The molecule has 1 aromatic heterocycles. The minimum atomic E-state index is -0.861. The third kappa shape index (κ3) is 6.25. The Morgan fingerprint density at radius 1 is 0.830 bits per heavy atom. The van der Waals surface area contributed by atoms with E-state index in [9.17, 15) is 19.5 Å². The summed E-state index contributed by atoms with van der Waals surface area (Å²) < 4.78 is 12.3. The normalized spacial score (nSPS) is 24.0. The molecule has 7 rings (SSSR count). The number of carbonyl (C=O) groups is 3. The summed E-state index contributed by atoms with van der Waals surface area (Å²) in [4.78, 5) is 47.0. The fourth-order valence-corrected chi connectivity index (χ4v) is 8.39. The average molecular weight is 638 g/mol. The van der Waals surface area contributed by atoms with E-state index in [-0.39, 0.29) is 35.7 Å². The lowest BCUT2D eigenvalue weighted by Crippen LogP contribution is -2.50. The number of pyridine rings is 1. The molecule has 246 valence electrons. The van der Waals surface area contributed by atoms with Gasteiger partial charge >= 0.3 is 6.09 Å². The first kappa shape index (κ1) is 31.4. The van der Waals surface area contributed by atoms with Crippen molar-refractivity contribution in [1.29, 1.82) is 0 Å². The third-order valence-corrected chi connectivity index (χ3v) is 10.8. The van der Waals surface area contributed by atoms with Crippen molar-refractivity contribution in [1.82, 2.24) is 14.8 Å². The van der Waals surface area contributed by atoms with Crippen LogP contribution in [0.15, 0.2) is 60.9 Å². The number of hydrogen-bond donors (Lipinski definition) is 1. The first-order valence-corrected chi connectivity index (χ1v) is 17.1. The number of piperidine rings is 2. The number of rotatable bonds is 8. The van der Waals surface area contributed by atoms with Gasteiger partial charge in [0.25, 0.3) is 0 Å². The van der Waals surface area contributed by atoms with Crippen molar-refractivity contribution < 1.29 is 29.0 Å². The topological polar surface area (TPSA) is 109 Å². The molecular formula is C38H43N3O6. The molecule has 3 aromatic rings. The number of nitrogens with zero attached hydrogens (tertiary/aromatic N) is 3. The lowest BCUT2D eigenvalue weighted by atomic mass is 9.78. The van der Waals surface area contributed by atoms with Crippen LogP contribution in [-0.2, 0) is 6.42 Å². The first-order chi connectivity index (χ1) is 22.9. The Morgan fingerprint density at radius 3 is 2.28 bits per heavy atom. The van der Waals surface area contributed by atoms with Gasteiger partial charge in [-0.15, -0.1) is 0 Å². The summed E-state index contributed by atoms with van der Waals surface area (Å²) in [5.41, 5.74) is 4.15. The number of likely N-dealkylation sites (tertiary alicyclic amines) is 2. The average Bonchev–Trinajstić information content (AvgIpc) is 3.70. The number of carbonyl (C=O) groups excluding carboxylic acids is 2. The third-order valence-electron chi connectivity index (χ3n) is 10.8. The fourth-order valence-electron chi connectivity index (χ4n) is 8.39. The van der Waals surface area contributed by atoms with Crippen molar-refractivity contribution in [3.63, 3.8) is 0 Å². The van der Waals surface area contributed by atoms with E-state index in [2.05, 4.69) is 22.0 Å². The maximum Gasteiger partial charge on any atom is 0.407 e. The Labute approximate surface area is 275 Å². The van der Waals surface area contributed by atoms with Gasteiger partial charge in [0.2, 0.25) is 0 Å². The molecule has 1 saturated carbocycles. The van der Waals surface area contributed by atoms with Crippen LogP contribution in [0.3, 0.4) is 0 Å². The highest BCUT2D eigenvalue weighted by molar-refractivity contribution is 6.26. The number of aromatic nitrogens is 1. The summed E-state index contributed by atoms with van der Waals surface area (Å²) in [5.74, 6) is 0.626. The molecule has 0 bridgehead atoms. The highest BCUT2D eigenvalue weighted by Gasteiger charge is 2.42. The van der Waals surface area contributed by atoms with Crippen molar-refractivity contribution in [3.8, 4) is 11.5 Å². The Hall–Kier alpha value is -4.24. The van der Waals surface area contributed by atoms with Gasteiger partial charge in [0, 0.05) is 54.6 Å². The Bertz CT molecular complexity index is 1630. The molecule has 3 heterocycles. The van der Waals surface area contributed by atoms with Gasteiger partial charge in [0.1, 0.15) is 0 Å². The van der Waals surface area contributed by atoms with Crippen LogP contribution in [-0.4, -0.2) is 76.4 Å². The maximum atomic E-state index is 13.7. The molecule has 4 aliphatic rings. The van der Waals surface area contributed by atoms with Crippen LogP contribution in [0.1, 0.15) is 101 Å². The summed E-state index contributed by atoms with van der Waals surface area (Å²) in [6, 6.07) is 16.1. The molecule has 2 aromatic carbocycles. The Kier molecular flexibility index (Phi) is 8.99. The van der Waals surface area contributed by atoms with Crippen LogP contribution in [0.4, 0.5) is 4.79 Å². The number of fused-ring (bicyclic) bond motifs is 1. The number of Topliss-reactive ketones (excluding diaryl/α,β-unsaturated/α-hetero) is 2. The van der Waals surface area contributed by atoms with Crippen molar-refractivity contribution in [2.45, 2.75) is 81.9 Å². The first-order valence-electron chi connectivity index (χ1n) is 17.1. The van der Waals surface area contributed by atoms with E-state index in [0.29, 0.717) is 30.6 Å². The molecule has 2 aliphatic heterocycles. The zero-order valence-electron chi connectivity index (χ0n) is 27.0. The minimum Gasteiger partial charge on any atom is -0.493 e. The van der Waals surface area contributed by atoms with Gasteiger partial charge in [0.05, 0.1) is 19.1 Å². The van der Waals surface area contributed by atoms with E-state index in [1.165, 1.54) is 17.7 Å². The number of methoxy groups -OCH3 is 1. The molecule has 1 amide bonds. The van der Waals surface area contributed by atoms with Crippen molar-refractivity contribution in [2.24, 2.45) is 5.92 Å². The monoisotopic (exact) mass is 637 g/mol. The SMILES string of the molecule is COc1ccc(C2C(c3ccc4c(c3)C(=O)C(Cc3ccncc3)C4=O)CCCN2C2CCN(C(=O)O)CC2)cc1OC1CCCC1. The summed E-state index contributed by atoms with van der Waals surface area (Å²) in [6.07, 6.45) is 10.9. The molecule has 2 saturated heterocycles. The quantitative estimate of drug-likeness (QED) is 0.272. The number of ketones is 2. The van der Waals surface area contributed by atoms with Gasteiger partial charge in [0.15, 0.2) is 23.1 Å². The van der Waals surface area contributed by atoms with Crippen LogP contribution < -0.4 is 9.47 Å². The highest BCUT2D eigenvalue weighted by Crippen LogP contribution is 2.47. The maximum absolute atomic E-state index is 13.7. The van der Waals surface area contributed by atoms with Crippen LogP contribution >= 0.6 is 0 Å². The molecule has 9 heteroatoms. The van der Waals surface area contributed by atoms with E-state index in [1.54, 1.807) is 19.5 Å². The van der Waals surface area contributed by atoms with Crippen LogP contribution in [0.25, 0.3) is 0 Å². The molecular weight excluding hydrogens is 594 g/mol. The van der Waals surface area contributed by atoms with Crippen molar-refractivity contribution >= 4 is 17.7 Å². The molecule has 9 nitrogen and oxygen atoms in total. The van der Waals surface area contributed by atoms with Gasteiger partial charge in [-0.25, -0.2) is 4.79 Å². The molecule has 3 atom stereocenters. The van der Waals surface area contributed by atoms with Gasteiger partial charge in [-0.2, -0.15) is 0 Å². The number of carboxylic acid groups (broad SMARTS) is 1. The fraction of sp³-hybridized carbons (Fsp3) is 0.474.